The molecule has 0 saturated carbocycles. The highest BCUT2D eigenvalue weighted by Gasteiger charge is 2.42. The quantitative estimate of drug-likeness (QED) is 0.225. The highest BCUT2D eigenvalue weighted by atomic mass is 28.4. The smallest absolute Gasteiger partial charge is 0.444 e. The molecule has 3 atom stereocenters. The van der Waals surface area contributed by atoms with Crippen LogP contribution >= 0.6 is 0 Å². The first-order chi connectivity index (χ1) is 10.8. The summed E-state index contributed by atoms with van der Waals surface area (Å²) in [6, 6.07) is 0.421. The Kier molecular flexibility index (Phi) is 11.3. The fourth-order valence-electron chi connectivity index (χ4n) is 2.16. The third-order valence-corrected chi connectivity index (χ3v) is 6.07. The van der Waals surface area contributed by atoms with Gasteiger partial charge in [0.2, 0.25) is 0 Å². The predicted molar refractivity (Wildman–Crippen MR) is 89.5 cm³/mol. The molecule has 23 heavy (non-hydrogen) atoms. The number of esters is 1. The summed E-state index contributed by atoms with van der Waals surface area (Å²) in [5.74, 6) is -0.569. The van der Waals surface area contributed by atoms with Crippen molar-refractivity contribution in [1.82, 2.24) is 0 Å². The number of ether oxygens (including phenoxy) is 1. The second-order valence-corrected chi connectivity index (χ2v) is 7.96. The second kappa shape index (κ2) is 11.7. The summed E-state index contributed by atoms with van der Waals surface area (Å²) in [4.78, 5) is 11.2. The van der Waals surface area contributed by atoms with Crippen LogP contribution in [0.25, 0.3) is 0 Å². The van der Waals surface area contributed by atoms with E-state index in [2.05, 4.69) is 6.58 Å². The Morgan fingerprint density at radius 3 is 2.30 bits per heavy atom. The number of hydrogen-bond acceptors (Lipinski definition) is 7. The van der Waals surface area contributed by atoms with Crippen molar-refractivity contribution in [3.05, 3.63) is 12.7 Å². The average molecular weight is 350 g/mol. The molecule has 0 bridgehead atoms. The second-order valence-electron chi connectivity index (χ2n) is 5.28. The third kappa shape index (κ3) is 9.85. The van der Waals surface area contributed by atoms with Gasteiger partial charge in [0.1, 0.15) is 0 Å². The van der Waals surface area contributed by atoms with E-state index in [1.807, 2.05) is 20.8 Å². The Morgan fingerprint density at radius 2 is 1.87 bits per heavy atom. The molecule has 0 heterocycles. The summed E-state index contributed by atoms with van der Waals surface area (Å²) in [5.41, 5.74) is 5.79. The average Bonchev–Trinajstić information content (AvgIpc) is 2.44. The number of carbonyl (C=O) groups excluding carboxylic acids is 1. The van der Waals surface area contributed by atoms with Gasteiger partial charge in [-0.3, -0.25) is 5.73 Å². The molecule has 3 N–H and O–H groups in total. The molecule has 0 rings (SSSR count). The Hall–Kier alpha value is -0.773. The predicted octanol–water partition coefficient (Wildman–Crippen LogP) is 1.58. The molecule has 0 aliphatic heterocycles. The number of hydrogen-bond donors (Lipinski definition) is 2. The Balaban J connectivity index is 4.81. The zero-order valence-corrected chi connectivity index (χ0v) is 15.6. The van der Waals surface area contributed by atoms with Gasteiger partial charge in [-0.15, -0.1) is 0 Å². The van der Waals surface area contributed by atoms with E-state index in [1.165, 1.54) is 0 Å². The first-order valence-electron chi connectivity index (χ1n) is 8.01. The first kappa shape index (κ1) is 22.2. The normalized spacial score (nSPS) is 15.7. The SMILES string of the molecule is C=CC(=O)OC(N)CC[Si](OCC)(OCC)OC(C)CC(C)O. The molecule has 7 nitrogen and oxygen atoms in total. The molecule has 0 aliphatic rings. The Bertz CT molecular complexity index is 347. The summed E-state index contributed by atoms with van der Waals surface area (Å²) >= 11 is 0. The number of rotatable bonds is 13. The van der Waals surface area contributed by atoms with Gasteiger partial charge in [-0.05, 0) is 34.1 Å². The van der Waals surface area contributed by atoms with Gasteiger partial charge in [0.15, 0.2) is 6.23 Å². The molecule has 0 aromatic heterocycles. The highest BCUT2D eigenvalue weighted by molar-refractivity contribution is 6.60. The van der Waals surface area contributed by atoms with Crippen molar-refractivity contribution in [2.75, 3.05) is 13.2 Å². The number of aliphatic hydroxyl groups excluding tert-OH is 1. The van der Waals surface area contributed by atoms with E-state index in [4.69, 9.17) is 23.7 Å². The fourth-order valence-corrected chi connectivity index (χ4v) is 5.02. The standard InChI is InChI=1S/C15H31NO6Si/c1-6-15(18)21-14(16)9-10-23(19-7-2,20-8-3)22-13(5)11-12(4)17/h6,12-14,17H,1,7-11,16H2,2-5H3. The maximum Gasteiger partial charge on any atom is 0.501 e. The van der Waals surface area contributed by atoms with Crippen molar-refractivity contribution < 1.29 is 27.9 Å². The monoisotopic (exact) mass is 349 g/mol. The van der Waals surface area contributed by atoms with Crippen LogP contribution in [0.1, 0.15) is 40.5 Å². The molecule has 0 aliphatic carbocycles. The van der Waals surface area contributed by atoms with Gasteiger partial charge in [0.05, 0.1) is 6.10 Å². The molecule has 8 heteroatoms. The molecule has 0 radical (unpaired) electrons. The van der Waals surface area contributed by atoms with Crippen molar-refractivity contribution in [2.45, 2.75) is 65.0 Å². The molecule has 0 aromatic rings. The summed E-state index contributed by atoms with van der Waals surface area (Å²) in [7, 11) is -2.96. The van der Waals surface area contributed by atoms with Crippen LogP contribution in [0, 0.1) is 0 Å². The van der Waals surface area contributed by atoms with Crippen molar-refractivity contribution >= 4 is 14.8 Å². The van der Waals surface area contributed by atoms with Crippen LogP contribution in [0.4, 0.5) is 0 Å². The largest absolute Gasteiger partial charge is 0.501 e. The van der Waals surface area contributed by atoms with Crippen LogP contribution in [0.15, 0.2) is 12.7 Å². The van der Waals surface area contributed by atoms with Crippen LogP contribution in [0.3, 0.4) is 0 Å². The van der Waals surface area contributed by atoms with Gasteiger partial charge in [0.25, 0.3) is 0 Å². The minimum atomic E-state index is -2.96. The van der Waals surface area contributed by atoms with E-state index in [9.17, 15) is 9.90 Å². The maximum atomic E-state index is 11.2. The van der Waals surface area contributed by atoms with Crippen LogP contribution in [0.2, 0.25) is 6.04 Å². The summed E-state index contributed by atoms with van der Waals surface area (Å²) in [5, 5.41) is 9.49. The minimum Gasteiger partial charge on any atom is -0.444 e. The van der Waals surface area contributed by atoms with E-state index in [1.54, 1.807) is 6.92 Å². The zero-order chi connectivity index (χ0) is 17.9. The minimum absolute atomic E-state index is 0.216. The molecule has 0 saturated heterocycles. The lowest BCUT2D eigenvalue weighted by Gasteiger charge is -2.32. The lowest BCUT2D eigenvalue weighted by molar-refractivity contribution is -0.142. The van der Waals surface area contributed by atoms with Crippen LogP contribution in [-0.4, -0.2) is 51.5 Å². The fraction of sp³-hybridized carbons (Fsp3) is 0.800. The van der Waals surface area contributed by atoms with Gasteiger partial charge < -0.3 is 23.1 Å². The van der Waals surface area contributed by atoms with Gasteiger partial charge in [0, 0.05) is 37.9 Å². The van der Waals surface area contributed by atoms with E-state index in [-0.39, 0.29) is 6.10 Å². The summed E-state index contributed by atoms with van der Waals surface area (Å²) < 4.78 is 22.6. The number of nitrogens with two attached hydrogens (primary N) is 1. The van der Waals surface area contributed by atoms with E-state index in [0.717, 1.165) is 6.08 Å². The molecule has 136 valence electrons. The third-order valence-electron chi connectivity index (χ3n) is 2.95. The Labute approximate surface area is 140 Å². The van der Waals surface area contributed by atoms with E-state index < -0.39 is 27.1 Å². The van der Waals surface area contributed by atoms with Crippen LogP contribution in [0.5, 0.6) is 0 Å². The molecule has 0 amide bonds. The van der Waals surface area contributed by atoms with Crippen molar-refractivity contribution in [2.24, 2.45) is 5.73 Å². The molecule has 3 unspecified atom stereocenters. The first-order valence-corrected chi connectivity index (χ1v) is 9.94. The Morgan fingerprint density at radius 1 is 1.30 bits per heavy atom. The zero-order valence-electron chi connectivity index (χ0n) is 14.6. The summed E-state index contributed by atoms with van der Waals surface area (Å²) in [6.07, 6.45) is 0.433. The van der Waals surface area contributed by atoms with Gasteiger partial charge >= 0.3 is 14.8 Å². The number of carbonyl (C=O) groups is 1. The topological polar surface area (TPSA) is 100 Å². The molecule has 0 fully saturated rings. The van der Waals surface area contributed by atoms with Crippen LogP contribution in [-0.2, 0) is 22.8 Å². The van der Waals surface area contributed by atoms with Crippen molar-refractivity contribution in [1.29, 1.82) is 0 Å². The van der Waals surface area contributed by atoms with Crippen LogP contribution < -0.4 is 5.73 Å². The lowest BCUT2D eigenvalue weighted by atomic mass is 10.2. The number of aliphatic hydroxyl groups is 1. The molecular formula is C15H31NO6Si. The molecule has 0 aromatic carbocycles. The van der Waals surface area contributed by atoms with Gasteiger partial charge in [-0.25, -0.2) is 4.79 Å². The van der Waals surface area contributed by atoms with Crippen molar-refractivity contribution in [3.63, 3.8) is 0 Å². The van der Waals surface area contributed by atoms with Crippen molar-refractivity contribution in [3.8, 4) is 0 Å². The van der Waals surface area contributed by atoms with Gasteiger partial charge in [-0.1, -0.05) is 6.58 Å². The summed E-state index contributed by atoms with van der Waals surface area (Å²) in [6.45, 7) is 11.5. The highest BCUT2D eigenvalue weighted by Crippen LogP contribution is 2.22. The maximum absolute atomic E-state index is 11.2. The molecular weight excluding hydrogens is 318 g/mol. The molecule has 0 spiro atoms. The van der Waals surface area contributed by atoms with Gasteiger partial charge in [-0.2, -0.15) is 0 Å². The van der Waals surface area contributed by atoms with E-state index >= 15 is 0 Å². The van der Waals surface area contributed by atoms with E-state index in [0.29, 0.717) is 32.1 Å². The lowest BCUT2D eigenvalue weighted by Crippen LogP contribution is -2.49.